The second-order valence-electron chi connectivity index (χ2n) is 5.63. The molecule has 8 N–H and O–H groups in total. The van der Waals surface area contributed by atoms with E-state index in [0.29, 0.717) is 0 Å². The van der Waals surface area contributed by atoms with Crippen molar-refractivity contribution >= 4 is 0 Å². The fraction of sp³-hybridized carbons (Fsp3) is 1.00. The largest absolute Gasteiger partial charge is 0.391 e. The van der Waals surface area contributed by atoms with Crippen molar-refractivity contribution in [2.45, 2.75) is 54.8 Å². The summed E-state index contributed by atoms with van der Waals surface area (Å²) in [6, 6.07) is 0. The van der Waals surface area contributed by atoms with E-state index in [9.17, 15) is 40.9 Å². The smallest absolute Gasteiger partial charge is 0.221 e. The van der Waals surface area contributed by atoms with Gasteiger partial charge in [0.05, 0.1) is 13.2 Å². The highest BCUT2D eigenvalue weighted by atomic mass is 16.7. The summed E-state index contributed by atoms with van der Waals surface area (Å²) in [5.41, 5.74) is 0. The molecule has 11 heteroatoms. The van der Waals surface area contributed by atoms with Gasteiger partial charge in [0.25, 0.3) is 0 Å². The minimum Gasteiger partial charge on any atom is -0.391 e. The van der Waals surface area contributed by atoms with E-state index >= 15 is 0 Å². The molecule has 2 heterocycles. The van der Waals surface area contributed by atoms with Crippen LogP contribution in [0.5, 0.6) is 0 Å². The molecule has 2 aliphatic rings. The molecular formula is C12H22O11. The summed E-state index contributed by atoms with van der Waals surface area (Å²) >= 11 is 0. The van der Waals surface area contributed by atoms with E-state index in [4.69, 9.17) is 14.2 Å². The fourth-order valence-corrected chi connectivity index (χ4v) is 2.48. The third-order valence-electron chi connectivity index (χ3n) is 4.07. The summed E-state index contributed by atoms with van der Waals surface area (Å²) in [6.07, 6.45) is -12.9. The Bertz CT molecular complexity index is 395. The zero-order valence-corrected chi connectivity index (χ0v) is 12.0. The molecule has 0 radical (unpaired) electrons. The van der Waals surface area contributed by atoms with Gasteiger partial charge in [-0.05, 0) is 0 Å². The Morgan fingerprint density at radius 3 is 2.17 bits per heavy atom. The first-order chi connectivity index (χ1) is 10.7. The molecule has 0 aromatic heterocycles. The number of aliphatic hydroxyl groups is 8. The average Bonchev–Trinajstić information content (AvgIpc) is 2.55. The van der Waals surface area contributed by atoms with Gasteiger partial charge >= 0.3 is 0 Å². The standard InChI is InChI=1S/C12H22O11/c13-3-12(10(19)6(15)4(14)1-21-12)22-2-5-7(16)8(17)9(18)11(20)23-5/h4-11,13-20H,1-3H2/t4-,5-,6-,7-,8+,9-,10+,11+,12+/m1/s1. The lowest BCUT2D eigenvalue weighted by Gasteiger charge is -2.45. The Balaban J connectivity index is 2.03. The molecule has 0 aromatic rings. The monoisotopic (exact) mass is 342 g/mol. The van der Waals surface area contributed by atoms with Crippen LogP contribution in [0.15, 0.2) is 0 Å². The Morgan fingerprint density at radius 1 is 0.913 bits per heavy atom. The SMILES string of the molecule is OC[C@@]1(OC[C@H]2O[C@H](O)[C@H](O)[C@@H](O)[C@@H]2O)OC[C@@H](O)[C@@H](O)[C@@H]1O. The van der Waals surface area contributed by atoms with Gasteiger partial charge in [0.15, 0.2) is 6.29 Å². The third kappa shape index (κ3) is 3.50. The summed E-state index contributed by atoms with van der Waals surface area (Å²) in [5, 5.41) is 76.6. The number of ether oxygens (including phenoxy) is 3. The summed E-state index contributed by atoms with van der Waals surface area (Å²) in [4.78, 5) is 0. The van der Waals surface area contributed by atoms with Crippen molar-refractivity contribution in [1.82, 2.24) is 0 Å². The van der Waals surface area contributed by atoms with Gasteiger partial charge in [-0.2, -0.15) is 0 Å². The van der Waals surface area contributed by atoms with Crippen molar-refractivity contribution in [3.05, 3.63) is 0 Å². The molecule has 2 aliphatic heterocycles. The maximum absolute atomic E-state index is 9.94. The van der Waals surface area contributed by atoms with E-state index in [0.717, 1.165) is 0 Å². The molecule has 0 bridgehead atoms. The molecule has 0 amide bonds. The fourth-order valence-electron chi connectivity index (χ4n) is 2.48. The highest BCUT2D eigenvalue weighted by molar-refractivity contribution is 4.94. The summed E-state index contributed by atoms with van der Waals surface area (Å²) < 4.78 is 15.2. The van der Waals surface area contributed by atoms with Crippen molar-refractivity contribution in [3.8, 4) is 0 Å². The van der Waals surface area contributed by atoms with Gasteiger partial charge in [0, 0.05) is 0 Å². The van der Waals surface area contributed by atoms with Crippen LogP contribution in [0.4, 0.5) is 0 Å². The first-order valence-corrected chi connectivity index (χ1v) is 7.04. The lowest BCUT2D eigenvalue weighted by atomic mass is 9.96. The van der Waals surface area contributed by atoms with E-state index in [1.807, 2.05) is 0 Å². The highest BCUT2D eigenvalue weighted by Crippen LogP contribution is 2.29. The maximum atomic E-state index is 9.94. The van der Waals surface area contributed by atoms with E-state index in [1.54, 1.807) is 0 Å². The maximum Gasteiger partial charge on any atom is 0.221 e. The van der Waals surface area contributed by atoms with Crippen molar-refractivity contribution in [1.29, 1.82) is 0 Å². The van der Waals surface area contributed by atoms with Gasteiger partial charge in [0.2, 0.25) is 5.79 Å². The minimum absolute atomic E-state index is 0.420. The molecule has 0 saturated carbocycles. The second kappa shape index (κ2) is 7.21. The molecule has 0 unspecified atom stereocenters. The quantitative estimate of drug-likeness (QED) is 0.243. The molecule has 23 heavy (non-hydrogen) atoms. The first-order valence-electron chi connectivity index (χ1n) is 7.04. The molecule has 2 saturated heterocycles. The van der Waals surface area contributed by atoms with Gasteiger partial charge in [0.1, 0.15) is 49.3 Å². The molecule has 11 nitrogen and oxygen atoms in total. The van der Waals surface area contributed by atoms with Crippen LogP contribution in [0.3, 0.4) is 0 Å². The molecule has 0 aromatic carbocycles. The molecule has 0 aliphatic carbocycles. The Hall–Kier alpha value is -0.440. The summed E-state index contributed by atoms with van der Waals surface area (Å²) in [5.74, 6) is -2.08. The van der Waals surface area contributed by atoms with Gasteiger partial charge in [-0.15, -0.1) is 0 Å². The van der Waals surface area contributed by atoms with E-state index < -0.39 is 74.6 Å². The second-order valence-corrected chi connectivity index (χ2v) is 5.63. The molecular weight excluding hydrogens is 320 g/mol. The number of aliphatic hydroxyl groups excluding tert-OH is 8. The van der Waals surface area contributed by atoms with Crippen LogP contribution in [-0.4, -0.2) is 115 Å². The van der Waals surface area contributed by atoms with Crippen LogP contribution in [0.25, 0.3) is 0 Å². The molecule has 9 atom stereocenters. The predicted octanol–water partition coefficient (Wildman–Crippen LogP) is -5.40. The van der Waals surface area contributed by atoms with Crippen LogP contribution < -0.4 is 0 Å². The third-order valence-corrected chi connectivity index (χ3v) is 4.07. The van der Waals surface area contributed by atoms with E-state index in [2.05, 4.69) is 0 Å². The predicted molar refractivity (Wildman–Crippen MR) is 68.6 cm³/mol. The first kappa shape index (κ1) is 18.9. The van der Waals surface area contributed by atoms with Gasteiger partial charge in [-0.25, -0.2) is 0 Å². The zero-order chi connectivity index (χ0) is 17.4. The Morgan fingerprint density at radius 2 is 1.57 bits per heavy atom. The number of rotatable bonds is 4. The minimum atomic E-state index is -2.08. The Kier molecular flexibility index (Phi) is 5.92. The van der Waals surface area contributed by atoms with Crippen molar-refractivity contribution in [3.63, 3.8) is 0 Å². The highest BCUT2D eigenvalue weighted by Gasteiger charge is 2.52. The van der Waals surface area contributed by atoms with E-state index in [1.165, 1.54) is 0 Å². The number of hydrogen-bond acceptors (Lipinski definition) is 11. The lowest BCUT2D eigenvalue weighted by molar-refractivity contribution is -0.364. The normalized spacial score (nSPS) is 51.7. The van der Waals surface area contributed by atoms with Crippen LogP contribution in [0.2, 0.25) is 0 Å². The van der Waals surface area contributed by atoms with Crippen molar-refractivity contribution in [2.24, 2.45) is 0 Å². The molecule has 2 rings (SSSR count). The lowest BCUT2D eigenvalue weighted by Crippen LogP contribution is -2.65. The summed E-state index contributed by atoms with van der Waals surface area (Å²) in [6.45, 7) is -1.85. The van der Waals surface area contributed by atoms with Crippen LogP contribution in [0.1, 0.15) is 0 Å². The Labute approximate surface area is 130 Å². The molecule has 0 spiro atoms. The van der Waals surface area contributed by atoms with Crippen molar-refractivity contribution < 1.29 is 55.1 Å². The molecule has 2 fully saturated rings. The van der Waals surface area contributed by atoms with Gasteiger partial charge in [-0.1, -0.05) is 0 Å². The summed E-state index contributed by atoms with van der Waals surface area (Å²) in [7, 11) is 0. The number of hydrogen-bond donors (Lipinski definition) is 8. The average molecular weight is 342 g/mol. The molecule has 136 valence electrons. The van der Waals surface area contributed by atoms with Gasteiger partial charge < -0.3 is 55.1 Å². The van der Waals surface area contributed by atoms with Crippen LogP contribution in [-0.2, 0) is 14.2 Å². The van der Waals surface area contributed by atoms with Gasteiger partial charge in [-0.3, -0.25) is 0 Å². The van der Waals surface area contributed by atoms with E-state index in [-0.39, 0.29) is 0 Å². The van der Waals surface area contributed by atoms with Crippen LogP contribution in [0, 0.1) is 0 Å². The zero-order valence-electron chi connectivity index (χ0n) is 12.0. The van der Waals surface area contributed by atoms with Crippen molar-refractivity contribution in [2.75, 3.05) is 19.8 Å². The topological polar surface area (TPSA) is 190 Å². The van der Waals surface area contributed by atoms with Crippen LogP contribution >= 0.6 is 0 Å².